The number of hydrogen-bond acceptors (Lipinski definition) is 3. The number of aryl methyl sites for hydroxylation is 1. The maximum absolute atomic E-state index is 4.20. The number of piperidine rings is 1. The molecular weight excluding hydrogens is 212 g/mol. The van der Waals surface area contributed by atoms with Crippen molar-refractivity contribution in [2.45, 2.75) is 19.3 Å². The van der Waals surface area contributed by atoms with E-state index in [1.54, 1.807) is 0 Å². The number of nitrogens with one attached hydrogen (secondary N) is 1. The molecule has 0 radical (unpaired) electrons. The molecule has 1 aliphatic rings. The fourth-order valence-corrected chi connectivity index (χ4v) is 2.53. The number of nitrogens with zero attached hydrogens (tertiary/aromatic N) is 3. The molecule has 1 atom stereocenters. The average Bonchev–Trinajstić information content (AvgIpc) is 2.74. The smallest absolute Gasteiger partial charge is 0.0522 e. The monoisotopic (exact) mass is 236 g/mol. The molecule has 17 heavy (non-hydrogen) atoms. The minimum atomic E-state index is 0.836. The highest BCUT2D eigenvalue weighted by Gasteiger charge is 2.14. The summed E-state index contributed by atoms with van der Waals surface area (Å²) in [6.07, 6.45) is 7.89. The topological polar surface area (TPSA) is 33.1 Å². The van der Waals surface area contributed by atoms with Gasteiger partial charge in [-0.1, -0.05) is 0 Å². The standard InChI is InChI=1S/C13H24N4/c1-16(10-12-4-3-6-14-8-12)7-5-13-9-15-17(2)11-13/h9,11-12,14H,3-8,10H2,1-2H3. The molecule has 0 amide bonds. The van der Waals surface area contributed by atoms with Crippen LogP contribution >= 0.6 is 0 Å². The molecule has 0 aliphatic carbocycles. The highest BCUT2D eigenvalue weighted by atomic mass is 15.2. The third kappa shape index (κ3) is 4.13. The van der Waals surface area contributed by atoms with Gasteiger partial charge < -0.3 is 10.2 Å². The molecule has 1 aliphatic heterocycles. The highest BCUT2D eigenvalue weighted by molar-refractivity contribution is 5.03. The van der Waals surface area contributed by atoms with E-state index in [0.29, 0.717) is 0 Å². The predicted octanol–water partition coefficient (Wildman–Crippen LogP) is 0.894. The van der Waals surface area contributed by atoms with Crippen LogP contribution in [0.2, 0.25) is 0 Å². The van der Waals surface area contributed by atoms with Crippen LogP contribution in [-0.2, 0) is 13.5 Å². The van der Waals surface area contributed by atoms with Crippen molar-refractivity contribution in [1.82, 2.24) is 20.0 Å². The molecule has 1 N–H and O–H groups in total. The first-order chi connectivity index (χ1) is 8.24. The van der Waals surface area contributed by atoms with Gasteiger partial charge in [0.1, 0.15) is 0 Å². The van der Waals surface area contributed by atoms with E-state index in [9.17, 15) is 0 Å². The molecule has 1 aromatic rings. The van der Waals surface area contributed by atoms with Crippen molar-refractivity contribution in [3.05, 3.63) is 18.0 Å². The summed E-state index contributed by atoms with van der Waals surface area (Å²) in [5.74, 6) is 0.836. The van der Waals surface area contributed by atoms with Gasteiger partial charge in [-0.25, -0.2) is 0 Å². The van der Waals surface area contributed by atoms with E-state index >= 15 is 0 Å². The lowest BCUT2D eigenvalue weighted by atomic mass is 9.99. The Kier molecular flexibility index (Phi) is 4.57. The van der Waals surface area contributed by atoms with Crippen LogP contribution in [0, 0.1) is 5.92 Å². The lowest BCUT2D eigenvalue weighted by Crippen LogP contribution is -2.37. The summed E-state index contributed by atoms with van der Waals surface area (Å²) in [6, 6.07) is 0. The summed E-state index contributed by atoms with van der Waals surface area (Å²) < 4.78 is 1.88. The van der Waals surface area contributed by atoms with Gasteiger partial charge in [-0.2, -0.15) is 5.10 Å². The van der Waals surface area contributed by atoms with E-state index < -0.39 is 0 Å². The van der Waals surface area contributed by atoms with Gasteiger partial charge in [-0.05, 0) is 50.9 Å². The van der Waals surface area contributed by atoms with E-state index in [2.05, 4.69) is 28.6 Å². The molecule has 1 fully saturated rings. The predicted molar refractivity (Wildman–Crippen MR) is 70.0 cm³/mol. The summed E-state index contributed by atoms with van der Waals surface area (Å²) in [5.41, 5.74) is 1.33. The Labute approximate surface area is 104 Å². The molecule has 4 nitrogen and oxygen atoms in total. The molecule has 0 aromatic carbocycles. The van der Waals surface area contributed by atoms with Crippen LogP contribution < -0.4 is 5.32 Å². The Hall–Kier alpha value is -0.870. The quantitative estimate of drug-likeness (QED) is 0.824. The lowest BCUT2D eigenvalue weighted by molar-refractivity contribution is 0.245. The van der Waals surface area contributed by atoms with Crippen molar-refractivity contribution in [2.75, 3.05) is 33.2 Å². The van der Waals surface area contributed by atoms with Crippen molar-refractivity contribution < 1.29 is 0 Å². The summed E-state index contributed by atoms with van der Waals surface area (Å²) in [7, 11) is 4.20. The molecule has 0 saturated carbocycles. The summed E-state index contributed by atoms with van der Waals surface area (Å²) in [6.45, 7) is 4.74. The molecule has 1 unspecified atom stereocenters. The van der Waals surface area contributed by atoms with E-state index in [0.717, 1.165) is 18.9 Å². The highest BCUT2D eigenvalue weighted by Crippen LogP contribution is 2.11. The Balaban J connectivity index is 1.68. The Morgan fingerprint density at radius 3 is 3.12 bits per heavy atom. The Morgan fingerprint density at radius 1 is 1.59 bits per heavy atom. The van der Waals surface area contributed by atoms with E-state index in [1.807, 2.05) is 17.9 Å². The van der Waals surface area contributed by atoms with Crippen LogP contribution in [-0.4, -0.2) is 47.9 Å². The van der Waals surface area contributed by atoms with E-state index in [1.165, 1.54) is 38.0 Å². The largest absolute Gasteiger partial charge is 0.316 e. The van der Waals surface area contributed by atoms with Gasteiger partial charge >= 0.3 is 0 Å². The molecule has 1 aromatic heterocycles. The fraction of sp³-hybridized carbons (Fsp3) is 0.769. The van der Waals surface area contributed by atoms with Gasteiger partial charge in [0.05, 0.1) is 6.20 Å². The van der Waals surface area contributed by atoms with Gasteiger partial charge in [0.25, 0.3) is 0 Å². The molecule has 0 bridgehead atoms. The first kappa shape index (κ1) is 12.6. The van der Waals surface area contributed by atoms with Gasteiger partial charge in [0.2, 0.25) is 0 Å². The van der Waals surface area contributed by atoms with Crippen LogP contribution in [0.25, 0.3) is 0 Å². The van der Waals surface area contributed by atoms with Crippen molar-refractivity contribution in [1.29, 1.82) is 0 Å². The van der Waals surface area contributed by atoms with Gasteiger partial charge in [0.15, 0.2) is 0 Å². The van der Waals surface area contributed by atoms with Crippen LogP contribution in [0.3, 0.4) is 0 Å². The van der Waals surface area contributed by atoms with E-state index in [-0.39, 0.29) is 0 Å². The zero-order valence-electron chi connectivity index (χ0n) is 11.0. The second-order valence-corrected chi connectivity index (χ2v) is 5.25. The lowest BCUT2D eigenvalue weighted by Gasteiger charge is -2.27. The average molecular weight is 236 g/mol. The van der Waals surface area contributed by atoms with Crippen molar-refractivity contribution in [3.8, 4) is 0 Å². The minimum absolute atomic E-state index is 0.836. The maximum atomic E-state index is 4.20. The molecular formula is C13H24N4. The van der Waals surface area contributed by atoms with Crippen molar-refractivity contribution >= 4 is 0 Å². The molecule has 1 saturated heterocycles. The second kappa shape index (κ2) is 6.17. The third-order valence-electron chi connectivity index (χ3n) is 3.51. The summed E-state index contributed by atoms with van der Waals surface area (Å²) in [5, 5.41) is 7.68. The minimum Gasteiger partial charge on any atom is -0.316 e. The Bertz CT molecular complexity index is 328. The molecule has 0 spiro atoms. The number of likely N-dealkylation sites (N-methyl/N-ethyl adjacent to an activating group) is 1. The van der Waals surface area contributed by atoms with E-state index in [4.69, 9.17) is 0 Å². The fourth-order valence-electron chi connectivity index (χ4n) is 2.53. The molecule has 2 heterocycles. The maximum Gasteiger partial charge on any atom is 0.0522 e. The second-order valence-electron chi connectivity index (χ2n) is 5.25. The van der Waals surface area contributed by atoms with Crippen molar-refractivity contribution in [3.63, 3.8) is 0 Å². The van der Waals surface area contributed by atoms with Crippen molar-refractivity contribution in [2.24, 2.45) is 13.0 Å². The Morgan fingerprint density at radius 2 is 2.47 bits per heavy atom. The van der Waals surface area contributed by atoms with Gasteiger partial charge in [-0.15, -0.1) is 0 Å². The van der Waals surface area contributed by atoms with Gasteiger partial charge in [-0.3, -0.25) is 4.68 Å². The molecule has 2 rings (SSSR count). The van der Waals surface area contributed by atoms with Crippen LogP contribution in [0.1, 0.15) is 18.4 Å². The summed E-state index contributed by atoms with van der Waals surface area (Å²) >= 11 is 0. The normalized spacial score (nSPS) is 21.0. The van der Waals surface area contributed by atoms with Crippen LogP contribution in [0.4, 0.5) is 0 Å². The first-order valence-corrected chi connectivity index (χ1v) is 6.61. The zero-order chi connectivity index (χ0) is 12.1. The number of aromatic nitrogens is 2. The zero-order valence-corrected chi connectivity index (χ0v) is 11.0. The first-order valence-electron chi connectivity index (χ1n) is 6.61. The van der Waals surface area contributed by atoms with Gasteiger partial charge in [0, 0.05) is 26.3 Å². The molecule has 96 valence electrons. The number of hydrogen-bond donors (Lipinski definition) is 1. The van der Waals surface area contributed by atoms with Crippen LogP contribution in [0.5, 0.6) is 0 Å². The van der Waals surface area contributed by atoms with Crippen LogP contribution in [0.15, 0.2) is 12.4 Å². The molecule has 4 heteroatoms. The third-order valence-corrected chi connectivity index (χ3v) is 3.51. The summed E-state index contributed by atoms with van der Waals surface area (Å²) in [4.78, 5) is 2.45. The SMILES string of the molecule is CN(CCc1cnn(C)c1)CC1CCCNC1. The number of rotatable bonds is 5.